The number of aryl methyl sites for hydroxylation is 1. The summed E-state index contributed by atoms with van der Waals surface area (Å²) in [5.74, 6) is 1.68. The Kier molecular flexibility index (Phi) is 7.94. The normalized spacial score (nSPS) is 18.1. The molecule has 0 atom stereocenters. The molecular formula is C24H31N7O4S. The van der Waals surface area contributed by atoms with Gasteiger partial charge in [-0.05, 0) is 62.3 Å². The summed E-state index contributed by atoms with van der Waals surface area (Å²) < 4.78 is 32.6. The molecule has 36 heavy (non-hydrogen) atoms. The van der Waals surface area contributed by atoms with Gasteiger partial charge in [0.15, 0.2) is 5.82 Å². The number of aromatic nitrogens is 5. The first-order valence-corrected chi connectivity index (χ1v) is 13.7. The highest BCUT2D eigenvalue weighted by Crippen LogP contribution is 2.26. The monoisotopic (exact) mass is 513 g/mol. The van der Waals surface area contributed by atoms with E-state index < -0.39 is 10.0 Å². The Morgan fingerprint density at radius 2 is 1.94 bits per heavy atom. The molecule has 192 valence electrons. The minimum Gasteiger partial charge on any atom is -0.497 e. The predicted octanol–water partition coefficient (Wildman–Crippen LogP) is 2.09. The second kappa shape index (κ2) is 11.1. The standard InChI is InChI=1S/C24H31N7O4S/c1-16-27-21(12-22(28-16)24(32)25-13-18-5-4-6-20(11-18)35-2)23-26-15-31(29-23)14-17-7-9-19(10-8-17)30-36(3,33)34/h4-6,11-12,15,17,19,30H,7-10,13-14H2,1-3H3,(H,25,32). The van der Waals surface area contributed by atoms with Gasteiger partial charge < -0.3 is 10.1 Å². The molecule has 1 fully saturated rings. The summed E-state index contributed by atoms with van der Waals surface area (Å²) in [6.45, 7) is 2.75. The zero-order chi connectivity index (χ0) is 25.7. The van der Waals surface area contributed by atoms with Gasteiger partial charge >= 0.3 is 0 Å². The maximum atomic E-state index is 12.8. The lowest BCUT2D eigenvalue weighted by Gasteiger charge is -2.28. The molecule has 1 amide bonds. The Hall–Kier alpha value is -3.38. The Morgan fingerprint density at radius 3 is 2.67 bits per heavy atom. The van der Waals surface area contributed by atoms with E-state index in [9.17, 15) is 13.2 Å². The van der Waals surface area contributed by atoms with E-state index in [-0.39, 0.29) is 17.6 Å². The minimum absolute atomic E-state index is 0.0000358. The number of rotatable bonds is 9. The quantitative estimate of drug-likeness (QED) is 0.443. The van der Waals surface area contributed by atoms with Crippen LogP contribution in [0, 0.1) is 12.8 Å². The number of benzene rings is 1. The fourth-order valence-electron chi connectivity index (χ4n) is 4.38. The van der Waals surface area contributed by atoms with Crippen LogP contribution in [0.25, 0.3) is 11.5 Å². The summed E-state index contributed by atoms with van der Waals surface area (Å²) in [4.78, 5) is 25.9. The molecule has 0 spiro atoms. The SMILES string of the molecule is COc1cccc(CNC(=O)c2cc(-c3ncn(CC4CCC(NS(C)(=O)=O)CC4)n3)nc(C)n2)c1. The first-order valence-electron chi connectivity index (χ1n) is 11.8. The number of carbonyl (C=O) groups is 1. The summed E-state index contributed by atoms with van der Waals surface area (Å²) in [6, 6.07) is 9.08. The third kappa shape index (κ3) is 7.08. The molecule has 1 aliphatic carbocycles. The first kappa shape index (κ1) is 25.7. The molecule has 0 unspecified atom stereocenters. The Balaban J connectivity index is 1.37. The van der Waals surface area contributed by atoms with Crippen LogP contribution in [0.3, 0.4) is 0 Å². The molecule has 0 aliphatic heterocycles. The average Bonchev–Trinajstić information content (AvgIpc) is 3.31. The molecule has 0 bridgehead atoms. The summed E-state index contributed by atoms with van der Waals surface area (Å²) in [5.41, 5.74) is 1.64. The molecular weight excluding hydrogens is 482 g/mol. The third-order valence-electron chi connectivity index (χ3n) is 6.10. The lowest BCUT2D eigenvalue weighted by atomic mass is 9.86. The molecule has 11 nitrogen and oxygen atoms in total. The van der Waals surface area contributed by atoms with Gasteiger partial charge in [-0.25, -0.2) is 28.1 Å². The lowest BCUT2D eigenvalue weighted by Crippen LogP contribution is -2.37. The van der Waals surface area contributed by atoms with E-state index >= 15 is 0 Å². The van der Waals surface area contributed by atoms with Gasteiger partial charge in [0.05, 0.1) is 13.4 Å². The van der Waals surface area contributed by atoms with E-state index in [0.717, 1.165) is 37.0 Å². The fourth-order valence-corrected chi connectivity index (χ4v) is 5.23. The highest BCUT2D eigenvalue weighted by molar-refractivity contribution is 7.88. The van der Waals surface area contributed by atoms with Gasteiger partial charge in [-0.1, -0.05) is 12.1 Å². The van der Waals surface area contributed by atoms with Crippen LogP contribution in [0.15, 0.2) is 36.7 Å². The maximum Gasteiger partial charge on any atom is 0.270 e. The van der Waals surface area contributed by atoms with Gasteiger partial charge in [0.1, 0.15) is 29.3 Å². The second-order valence-corrected chi connectivity index (χ2v) is 10.9. The number of sulfonamides is 1. The van der Waals surface area contributed by atoms with E-state index in [1.807, 2.05) is 24.3 Å². The molecule has 1 aliphatic rings. The van der Waals surface area contributed by atoms with Crippen molar-refractivity contribution in [3.63, 3.8) is 0 Å². The van der Waals surface area contributed by atoms with Crippen molar-refractivity contribution < 1.29 is 17.9 Å². The molecule has 2 N–H and O–H groups in total. The van der Waals surface area contributed by atoms with E-state index in [2.05, 4.69) is 30.1 Å². The lowest BCUT2D eigenvalue weighted by molar-refractivity contribution is 0.0945. The number of ether oxygens (including phenoxy) is 1. The predicted molar refractivity (Wildman–Crippen MR) is 134 cm³/mol. The van der Waals surface area contributed by atoms with Crippen molar-refractivity contribution in [2.75, 3.05) is 13.4 Å². The smallest absolute Gasteiger partial charge is 0.270 e. The van der Waals surface area contributed by atoms with Crippen molar-refractivity contribution in [3.8, 4) is 17.3 Å². The zero-order valence-electron chi connectivity index (χ0n) is 20.6. The average molecular weight is 514 g/mol. The topological polar surface area (TPSA) is 141 Å². The summed E-state index contributed by atoms with van der Waals surface area (Å²) in [6.07, 6.45) is 6.28. The van der Waals surface area contributed by atoms with Crippen LogP contribution in [0.5, 0.6) is 5.75 Å². The molecule has 12 heteroatoms. The fraction of sp³-hybridized carbons (Fsp3) is 0.458. The van der Waals surface area contributed by atoms with Crippen LogP contribution >= 0.6 is 0 Å². The molecule has 0 radical (unpaired) electrons. The van der Waals surface area contributed by atoms with Crippen molar-refractivity contribution in [3.05, 3.63) is 53.7 Å². The van der Waals surface area contributed by atoms with Crippen molar-refractivity contribution in [2.45, 2.75) is 51.7 Å². The number of methoxy groups -OCH3 is 1. The van der Waals surface area contributed by atoms with Crippen molar-refractivity contribution in [2.24, 2.45) is 5.92 Å². The zero-order valence-corrected chi connectivity index (χ0v) is 21.5. The molecule has 3 aromatic rings. The molecule has 4 rings (SSSR count). The number of nitrogens with one attached hydrogen (secondary N) is 2. The van der Waals surface area contributed by atoms with Crippen LogP contribution in [-0.2, 0) is 23.1 Å². The molecule has 2 heterocycles. The summed E-state index contributed by atoms with van der Waals surface area (Å²) in [7, 11) is -1.59. The van der Waals surface area contributed by atoms with Crippen LogP contribution in [0.1, 0.15) is 47.6 Å². The van der Waals surface area contributed by atoms with Gasteiger partial charge in [-0.2, -0.15) is 0 Å². The van der Waals surface area contributed by atoms with Crippen molar-refractivity contribution >= 4 is 15.9 Å². The summed E-state index contributed by atoms with van der Waals surface area (Å²) >= 11 is 0. The van der Waals surface area contributed by atoms with Crippen LogP contribution in [0.4, 0.5) is 0 Å². The Labute approximate surface area is 210 Å². The van der Waals surface area contributed by atoms with Gasteiger partial charge in [0.25, 0.3) is 5.91 Å². The van der Waals surface area contributed by atoms with Crippen LogP contribution in [-0.4, -0.2) is 58.5 Å². The van der Waals surface area contributed by atoms with E-state index in [0.29, 0.717) is 36.4 Å². The number of carbonyl (C=O) groups excluding carboxylic acids is 1. The third-order valence-corrected chi connectivity index (χ3v) is 6.86. The van der Waals surface area contributed by atoms with Crippen LogP contribution in [0.2, 0.25) is 0 Å². The largest absolute Gasteiger partial charge is 0.497 e. The minimum atomic E-state index is -3.18. The number of amides is 1. The van der Waals surface area contributed by atoms with Gasteiger partial charge in [0, 0.05) is 19.1 Å². The van der Waals surface area contributed by atoms with Gasteiger partial charge in [-0.3, -0.25) is 9.48 Å². The van der Waals surface area contributed by atoms with Gasteiger partial charge in [0.2, 0.25) is 10.0 Å². The van der Waals surface area contributed by atoms with E-state index in [1.165, 1.54) is 6.26 Å². The molecule has 0 saturated heterocycles. The second-order valence-electron chi connectivity index (χ2n) is 9.12. The number of hydrogen-bond donors (Lipinski definition) is 2. The summed E-state index contributed by atoms with van der Waals surface area (Å²) in [5, 5.41) is 7.44. The maximum absolute atomic E-state index is 12.8. The molecule has 1 saturated carbocycles. The Bertz CT molecular complexity index is 1320. The van der Waals surface area contributed by atoms with Crippen LogP contribution < -0.4 is 14.8 Å². The van der Waals surface area contributed by atoms with Crippen molar-refractivity contribution in [1.29, 1.82) is 0 Å². The number of nitrogens with zero attached hydrogens (tertiary/aromatic N) is 5. The van der Waals surface area contributed by atoms with Gasteiger partial charge in [-0.15, -0.1) is 5.10 Å². The highest BCUT2D eigenvalue weighted by atomic mass is 32.2. The number of hydrogen-bond acceptors (Lipinski definition) is 8. The molecule has 1 aromatic carbocycles. The molecule has 2 aromatic heterocycles. The Morgan fingerprint density at radius 1 is 1.17 bits per heavy atom. The highest BCUT2D eigenvalue weighted by Gasteiger charge is 2.24. The van der Waals surface area contributed by atoms with Crippen molar-refractivity contribution in [1.82, 2.24) is 34.8 Å². The first-order chi connectivity index (χ1) is 17.2. The van der Waals surface area contributed by atoms with E-state index in [4.69, 9.17) is 4.74 Å². The van der Waals surface area contributed by atoms with E-state index in [1.54, 1.807) is 31.1 Å².